The van der Waals surface area contributed by atoms with Crippen molar-refractivity contribution in [1.29, 1.82) is 0 Å². The Labute approximate surface area is 150 Å². The standard InChI is InChI=1S/C11H10O3.C9H10O3/c1-6-7(2)14-10-5-8(12)3-4-9(10)11(6)13;1-2-8(11)7-4-3-6(10)5-9(7)12/h3-5,12H,1-2H3;3-5,10,12H,2H2,1H3. The van der Waals surface area contributed by atoms with Gasteiger partial charge in [-0.25, -0.2) is 0 Å². The molecule has 0 saturated carbocycles. The maximum atomic E-state index is 11.7. The zero-order valence-electron chi connectivity index (χ0n) is 14.7. The predicted octanol–water partition coefficient (Wildman–Crippen LogP) is 3.81. The van der Waals surface area contributed by atoms with Crippen molar-refractivity contribution in [2.45, 2.75) is 27.2 Å². The van der Waals surface area contributed by atoms with Crippen molar-refractivity contribution in [2.24, 2.45) is 0 Å². The first-order chi connectivity index (χ1) is 12.2. The van der Waals surface area contributed by atoms with E-state index >= 15 is 0 Å². The second-order valence-corrected chi connectivity index (χ2v) is 5.77. The minimum atomic E-state index is -0.165. The minimum absolute atomic E-state index is 0.0382. The van der Waals surface area contributed by atoms with Crippen molar-refractivity contribution in [3.05, 3.63) is 63.5 Å². The SMILES string of the molecule is CCC(=O)c1ccc(O)cc1O.Cc1oc2cc(O)ccc2c(=O)c1C. The van der Waals surface area contributed by atoms with Crippen molar-refractivity contribution >= 4 is 16.8 Å². The highest BCUT2D eigenvalue weighted by Gasteiger charge is 2.09. The lowest BCUT2D eigenvalue weighted by atomic mass is 10.1. The molecule has 0 saturated heterocycles. The Morgan fingerprint density at radius 1 is 1.00 bits per heavy atom. The van der Waals surface area contributed by atoms with Crippen molar-refractivity contribution in [1.82, 2.24) is 0 Å². The van der Waals surface area contributed by atoms with E-state index in [0.29, 0.717) is 28.7 Å². The van der Waals surface area contributed by atoms with Gasteiger partial charge >= 0.3 is 0 Å². The van der Waals surface area contributed by atoms with Gasteiger partial charge in [0.2, 0.25) is 0 Å². The van der Waals surface area contributed by atoms with Crippen LogP contribution in [0.2, 0.25) is 0 Å². The van der Waals surface area contributed by atoms with Crippen LogP contribution in [0.5, 0.6) is 17.2 Å². The van der Waals surface area contributed by atoms with E-state index in [4.69, 9.17) is 9.52 Å². The Morgan fingerprint density at radius 2 is 1.62 bits per heavy atom. The van der Waals surface area contributed by atoms with Crippen LogP contribution in [0.3, 0.4) is 0 Å². The van der Waals surface area contributed by atoms with Crippen LogP contribution in [0.1, 0.15) is 35.0 Å². The molecular weight excluding hydrogens is 336 g/mol. The van der Waals surface area contributed by atoms with Gasteiger partial charge in [-0.1, -0.05) is 6.92 Å². The van der Waals surface area contributed by atoms with Gasteiger partial charge in [-0.2, -0.15) is 0 Å². The Bertz CT molecular complexity index is 1020. The third-order valence-corrected chi connectivity index (χ3v) is 3.94. The van der Waals surface area contributed by atoms with Crippen LogP contribution < -0.4 is 5.43 Å². The molecule has 0 spiro atoms. The number of Topliss-reactive ketones (excluding diaryl/α,β-unsaturated/α-hetero) is 1. The molecule has 0 aliphatic rings. The van der Waals surface area contributed by atoms with Crippen LogP contribution in [-0.4, -0.2) is 21.1 Å². The van der Waals surface area contributed by atoms with Gasteiger partial charge in [-0.3, -0.25) is 9.59 Å². The zero-order chi connectivity index (χ0) is 19.4. The van der Waals surface area contributed by atoms with Gasteiger partial charge in [-0.05, 0) is 38.1 Å². The fraction of sp³-hybridized carbons (Fsp3) is 0.200. The Hall–Kier alpha value is -3.28. The highest BCUT2D eigenvalue weighted by atomic mass is 16.3. The molecule has 0 radical (unpaired) electrons. The molecule has 6 heteroatoms. The van der Waals surface area contributed by atoms with Gasteiger partial charge in [0.1, 0.15) is 28.6 Å². The molecule has 136 valence electrons. The molecule has 1 heterocycles. The molecule has 0 amide bonds. The molecule has 3 aromatic rings. The van der Waals surface area contributed by atoms with Gasteiger partial charge < -0.3 is 19.7 Å². The summed E-state index contributed by atoms with van der Waals surface area (Å²) in [7, 11) is 0. The number of benzene rings is 2. The van der Waals surface area contributed by atoms with Crippen LogP contribution >= 0.6 is 0 Å². The lowest BCUT2D eigenvalue weighted by Crippen LogP contribution is -2.06. The van der Waals surface area contributed by atoms with Gasteiger partial charge in [-0.15, -0.1) is 0 Å². The Balaban J connectivity index is 0.000000190. The summed E-state index contributed by atoms with van der Waals surface area (Å²) in [4.78, 5) is 22.8. The molecule has 26 heavy (non-hydrogen) atoms. The number of hydrogen-bond acceptors (Lipinski definition) is 6. The fourth-order valence-corrected chi connectivity index (χ4v) is 2.33. The lowest BCUT2D eigenvalue weighted by molar-refractivity contribution is 0.0985. The highest BCUT2D eigenvalue weighted by Crippen LogP contribution is 2.23. The predicted molar refractivity (Wildman–Crippen MR) is 98.0 cm³/mol. The van der Waals surface area contributed by atoms with Gasteiger partial charge in [0.05, 0.1) is 10.9 Å². The van der Waals surface area contributed by atoms with Crippen LogP contribution in [0.25, 0.3) is 11.0 Å². The number of carbonyl (C=O) groups is 1. The molecular formula is C20H20O6. The van der Waals surface area contributed by atoms with E-state index in [2.05, 4.69) is 0 Å². The number of carbonyl (C=O) groups excluding carboxylic acids is 1. The number of ketones is 1. The molecule has 1 aromatic heterocycles. The number of fused-ring (bicyclic) bond motifs is 1. The van der Waals surface area contributed by atoms with Crippen molar-refractivity contribution < 1.29 is 24.5 Å². The van der Waals surface area contributed by atoms with Crippen LogP contribution in [0.15, 0.2) is 45.6 Å². The molecule has 2 aromatic carbocycles. The smallest absolute Gasteiger partial charge is 0.195 e. The molecule has 3 rings (SSSR count). The number of aromatic hydroxyl groups is 3. The second-order valence-electron chi connectivity index (χ2n) is 5.77. The highest BCUT2D eigenvalue weighted by molar-refractivity contribution is 5.98. The third-order valence-electron chi connectivity index (χ3n) is 3.94. The number of rotatable bonds is 2. The van der Waals surface area contributed by atoms with Gasteiger partial charge in [0.15, 0.2) is 11.2 Å². The van der Waals surface area contributed by atoms with E-state index in [1.165, 1.54) is 24.3 Å². The molecule has 0 aliphatic heterocycles. The zero-order valence-corrected chi connectivity index (χ0v) is 14.7. The summed E-state index contributed by atoms with van der Waals surface area (Å²) in [6, 6.07) is 8.45. The summed E-state index contributed by atoms with van der Waals surface area (Å²) in [6.07, 6.45) is 0.346. The summed E-state index contributed by atoms with van der Waals surface area (Å²) in [5, 5.41) is 27.9. The average Bonchev–Trinajstić information content (AvgIpc) is 2.59. The van der Waals surface area contributed by atoms with E-state index in [1.54, 1.807) is 26.8 Å². The van der Waals surface area contributed by atoms with Crippen molar-refractivity contribution in [3.63, 3.8) is 0 Å². The summed E-state index contributed by atoms with van der Waals surface area (Å²) in [5.74, 6) is 0.353. The Kier molecular flexibility index (Phi) is 5.67. The molecule has 6 nitrogen and oxygen atoms in total. The first-order valence-corrected chi connectivity index (χ1v) is 8.02. The van der Waals surface area contributed by atoms with E-state index < -0.39 is 0 Å². The van der Waals surface area contributed by atoms with Crippen molar-refractivity contribution in [3.8, 4) is 17.2 Å². The number of aryl methyl sites for hydroxylation is 1. The molecule has 0 bridgehead atoms. The lowest BCUT2D eigenvalue weighted by Gasteiger charge is -2.02. The monoisotopic (exact) mass is 356 g/mol. The quantitative estimate of drug-likeness (QED) is 0.603. The van der Waals surface area contributed by atoms with Gasteiger partial charge in [0.25, 0.3) is 0 Å². The second kappa shape index (κ2) is 7.74. The summed E-state index contributed by atoms with van der Waals surface area (Å²) >= 11 is 0. The summed E-state index contributed by atoms with van der Waals surface area (Å²) in [6.45, 7) is 5.18. The van der Waals surface area contributed by atoms with Crippen LogP contribution in [0, 0.1) is 13.8 Å². The molecule has 3 N–H and O–H groups in total. The molecule has 0 aliphatic carbocycles. The average molecular weight is 356 g/mol. The molecule has 0 atom stereocenters. The van der Waals surface area contributed by atoms with E-state index in [-0.39, 0.29) is 34.0 Å². The number of phenols is 3. The van der Waals surface area contributed by atoms with Gasteiger partial charge in [0, 0.05) is 24.1 Å². The topological polar surface area (TPSA) is 108 Å². The Morgan fingerprint density at radius 3 is 2.23 bits per heavy atom. The molecule has 0 unspecified atom stereocenters. The summed E-state index contributed by atoms with van der Waals surface area (Å²) in [5.41, 5.74) is 1.26. The largest absolute Gasteiger partial charge is 0.508 e. The van der Waals surface area contributed by atoms with Crippen molar-refractivity contribution in [2.75, 3.05) is 0 Å². The normalized spacial score (nSPS) is 10.3. The first kappa shape index (κ1) is 19.1. The number of phenolic OH excluding ortho intramolecular Hbond substituents is 3. The van der Waals surface area contributed by atoms with E-state index in [1.807, 2.05) is 0 Å². The van der Waals surface area contributed by atoms with E-state index in [9.17, 15) is 19.8 Å². The number of hydrogen-bond donors (Lipinski definition) is 3. The van der Waals surface area contributed by atoms with Crippen LogP contribution in [-0.2, 0) is 0 Å². The van der Waals surface area contributed by atoms with Crippen LogP contribution in [0.4, 0.5) is 0 Å². The summed E-state index contributed by atoms with van der Waals surface area (Å²) < 4.78 is 5.39. The first-order valence-electron chi connectivity index (χ1n) is 8.02. The maximum absolute atomic E-state index is 11.7. The maximum Gasteiger partial charge on any atom is 0.195 e. The fourth-order valence-electron chi connectivity index (χ4n) is 2.33. The minimum Gasteiger partial charge on any atom is -0.508 e. The third kappa shape index (κ3) is 4.03. The molecule has 0 fully saturated rings. The van der Waals surface area contributed by atoms with E-state index in [0.717, 1.165) is 6.07 Å².